The molecule has 1 N–H and O–H groups in total. The third kappa shape index (κ3) is 2.98. The molecule has 0 fully saturated rings. The Labute approximate surface area is 145 Å². The fourth-order valence-corrected chi connectivity index (χ4v) is 4.50. The fraction of sp³-hybridized carbons (Fsp3) is 0.444. The first-order chi connectivity index (χ1) is 11.7. The molecule has 2 aromatic rings. The summed E-state index contributed by atoms with van der Waals surface area (Å²) in [5.41, 5.74) is 2.29. The Balaban J connectivity index is 1.39. The van der Waals surface area contributed by atoms with Crippen LogP contribution in [0.1, 0.15) is 40.0 Å². The summed E-state index contributed by atoms with van der Waals surface area (Å²) in [5, 5.41) is 4.09. The van der Waals surface area contributed by atoms with Gasteiger partial charge in [-0.2, -0.15) is 0 Å². The standard InChI is InChI=1S/C18H21N3O2S/c1-21(10-17-19-13-7-3-5-9-16(13)24-17)18(22)20-14-11-23-15-8-4-2-6-12(14)15/h2,4,6,8,14H,3,5,7,9-11H2,1H3,(H,20,22)/t14-/m0/s1. The summed E-state index contributed by atoms with van der Waals surface area (Å²) in [6, 6.07) is 7.68. The lowest BCUT2D eigenvalue weighted by molar-refractivity contribution is 0.199. The highest BCUT2D eigenvalue weighted by molar-refractivity contribution is 7.11. The van der Waals surface area contributed by atoms with Crippen molar-refractivity contribution in [3.8, 4) is 5.75 Å². The molecule has 2 aliphatic rings. The number of nitrogens with one attached hydrogen (secondary N) is 1. The summed E-state index contributed by atoms with van der Waals surface area (Å²) in [6.45, 7) is 1.04. The third-order valence-corrected chi connectivity index (χ3v) is 5.75. The molecule has 0 spiro atoms. The van der Waals surface area contributed by atoms with E-state index >= 15 is 0 Å². The summed E-state index contributed by atoms with van der Waals surface area (Å²) < 4.78 is 5.62. The Morgan fingerprint density at radius 1 is 1.38 bits per heavy atom. The van der Waals surface area contributed by atoms with Crippen molar-refractivity contribution in [3.05, 3.63) is 45.4 Å². The minimum atomic E-state index is -0.0894. The quantitative estimate of drug-likeness (QED) is 0.930. The van der Waals surface area contributed by atoms with Gasteiger partial charge in [0.05, 0.1) is 18.3 Å². The molecular formula is C18H21N3O2S. The van der Waals surface area contributed by atoms with E-state index in [2.05, 4.69) is 5.32 Å². The highest BCUT2D eigenvalue weighted by Crippen LogP contribution is 2.32. The molecule has 0 radical (unpaired) electrons. The Hall–Kier alpha value is -2.08. The molecule has 5 nitrogen and oxygen atoms in total. The maximum atomic E-state index is 12.5. The van der Waals surface area contributed by atoms with Crippen LogP contribution in [0.25, 0.3) is 0 Å². The Bertz CT molecular complexity index is 735. The van der Waals surface area contributed by atoms with Crippen LogP contribution in [0, 0.1) is 0 Å². The minimum absolute atomic E-state index is 0.0827. The van der Waals surface area contributed by atoms with E-state index in [0.29, 0.717) is 13.2 Å². The van der Waals surface area contributed by atoms with E-state index < -0.39 is 0 Å². The smallest absolute Gasteiger partial charge is 0.318 e. The normalized spacial score (nSPS) is 18.5. The van der Waals surface area contributed by atoms with Crippen molar-refractivity contribution in [3.63, 3.8) is 0 Å². The van der Waals surface area contributed by atoms with Crippen LogP contribution in [0.5, 0.6) is 5.75 Å². The number of amides is 2. The van der Waals surface area contributed by atoms with E-state index in [-0.39, 0.29) is 12.1 Å². The van der Waals surface area contributed by atoms with Crippen molar-refractivity contribution in [2.45, 2.75) is 38.3 Å². The molecule has 1 aromatic heterocycles. The fourth-order valence-electron chi connectivity index (χ4n) is 3.29. The predicted octanol–water partition coefficient (Wildman–Crippen LogP) is 3.30. The molecule has 6 heteroatoms. The SMILES string of the molecule is CN(Cc1nc2c(s1)CCCC2)C(=O)N[C@H]1COc2ccccc21. The van der Waals surface area contributed by atoms with Crippen molar-refractivity contribution >= 4 is 17.4 Å². The number of para-hydroxylation sites is 1. The van der Waals surface area contributed by atoms with Crippen LogP contribution in [-0.2, 0) is 19.4 Å². The second-order valence-electron chi connectivity index (χ2n) is 6.39. The Morgan fingerprint density at radius 3 is 3.08 bits per heavy atom. The highest BCUT2D eigenvalue weighted by atomic mass is 32.1. The molecule has 2 heterocycles. The van der Waals surface area contributed by atoms with Gasteiger partial charge in [-0.15, -0.1) is 11.3 Å². The summed E-state index contributed by atoms with van der Waals surface area (Å²) >= 11 is 1.75. The van der Waals surface area contributed by atoms with Crippen LogP contribution in [0.4, 0.5) is 4.79 Å². The predicted molar refractivity (Wildman–Crippen MR) is 93.4 cm³/mol. The molecule has 0 saturated heterocycles. The van der Waals surface area contributed by atoms with E-state index in [0.717, 1.165) is 29.2 Å². The van der Waals surface area contributed by atoms with Gasteiger partial charge >= 0.3 is 6.03 Å². The molecule has 1 aromatic carbocycles. The number of nitrogens with zero attached hydrogens (tertiary/aromatic N) is 2. The van der Waals surface area contributed by atoms with Crippen LogP contribution in [-0.4, -0.2) is 29.6 Å². The van der Waals surface area contributed by atoms with Gasteiger partial charge in [-0.3, -0.25) is 0 Å². The number of hydrogen-bond donors (Lipinski definition) is 1. The number of ether oxygens (including phenoxy) is 1. The van der Waals surface area contributed by atoms with Gasteiger partial charge in [0.2, 0.25) is 0 Å². The van der Waals surface area contributed by atoms with Gasteiger partial charge in [0, 0.05) is 17.5 Å². The van der Waals surface area contributed by atoms with Gasteiger partial charge in [-0.1, -0.05) is 18.2 Å². The molecule has 2 amide bonds. The second kappa shape index (κ2) is 6.43. The number of carbonyl (C=O) groups is 1. The molecule has 0 unspecified atom stereocenters. The van der Waals surface area contributed by atoms with E-state index in [1.807, 2.05) is 31.3 Å². The number of fused-ring (bicyclic) bond motifs is 2. The van der Waals surface area contributed by atoms with Crippen molar-refractivity contribution in [1.29, 1.82) is 0 Å². The van der Waals surface area contributed by atoms with Crippen molar-refractivity contribution < 1.29 is 9.53 Å². The van der Waals surface area contributed by atoms with Gasteiger partial charge in [0.15, 0.2) is 0 Å². The van der Waals surface area contributed by atoms with Gasteiger partial charge in [0.1, 0.15) is 17.4 Å². The largest absolute Gasteiger partial charge is 0.491 e. The van der Waals surface area contributed by atoms with Gasteiger partial charge in [0.25, 0.3) is 0 Å². The van der Waals surface area contributed by atoms with Gasteiger partial charge < -0.3 is 15.0 Å². The summed E-state index contributed by atoms with van der Waals surface area (Å²) in [6.07, 6.45) is 4.71. The monoisotopic (exact) mass is 343 g/mol. The number of aromatic nitrogens is 1. The molecule has 1 aliphatic carbocycles. The van der Waals surface area contributed by atoms with Gasteiger partial charge in [-0.25, -0.2) is 9.78 Å². The van der Waals surface area contributed by atoms with E-state index in [9.17, 15) is 4.79 Å². The molecule has 0 bridgehead atoms. The van der Waals surface area contributed by atoms with Crippen LogP contribution in [0.15, 0.2) is 24.3 Å². The maximum absolute atomic E-state index is 12.5. The van der Waals surface area contributed by atoms with Crippen molar-refractivity contribution in [2.75, 3.05) is 13.7 Å². The molecule has 126 valence electrons. The average molecular weight is 343 g/mol. The lowest BCUT2D eigenvalue weighted by Crippen LogP contribution is -2.39. The van der Waals surface area contributed by atoms with E-state index in [1.165, 1.54) is 23.4 Å². The van der Waals surface area contributed by atoms with Crippen LogP contribution in [0.3, 0.4) is 0 Å². The first-order valence-electron chi connectivity index (χ1n) is 8.41. The Morgan fingerprint density at radius 2 is 2.21 bits per heavy atom. The van der Waals surface area contributed by atoms with Crippen molar-refractivity contribution in [1.82, 2.24) is 15.2 Å². The summed E-state index contributed by atoms with van der Waals surface area (Å²) in [5.74, 6) is 0.859. The summed E-state index contributed by atoms with van der Waals surface area (Å²) in [4.78, 5) is 20.3. The average Bonchev–Trinajstić information content (AvgIpc) is 3.18. The molecular weight excluding hydrogens is 322 g/mol. The zero-order valence-electron chi connectivity index (χ0n) is 13.7. The lowest BCUT2D eigenvalue weighted by atomic mass is 10.0. The second-order valence-corrected chi connectivity index (χ2v) is 7.56. The number of thiazole rings is 1. The molecule has 24 heavy (non-hydrogen) atoms. The molecule has 1 atom stereocenters. The van der Waals surface area contributed by atoms with Crippen LogP contribution in [0.2, 0.25) is 0 Å². The van der Waals surface area contributed by atoms with Crippen molar-refractivity contribution in [2.24, 2.45) is 0 Å². The first kappa shape index (κ1) is 15.4. The Kier molecular flexibility index (Phi) is 4.14. The third-order valence-electron chi connectivity index (χ3n) is 4.61. The minimum Gasteiger partial charge on any atom is -0.491 e. The van der Waals surface area contributed by atoms with Crippen LogP contribution >= 0.6 is 11.3 Å². The van der Waals surface area contributed by atoms with Gasteiger partial charge in [-0.05, 0) is 31.7 Å². The number of aryl methyl sites for hydroxylation is 2. The summed E-state index contributed by atoms with van der Waals surface area (Å²) in [7, 11) is 1.82. The van der Waals surface area contributed by atoms with E-state index in [1.54, 1.807) is 16.2 Å². The lowest BCUT2D eigenvalue weighted by Gasteiger charge is -2.19. The number of hydrogen-bond acceptors (Lipinski definition) is 4. The van der Waals surface area contributed by atoms with E-state index in [4.69, 9.17) is 9.72 Å². The maximum Gasteiger partial charge on any atom is 0.318 e. The highest BCUT2D eigenvalue weighted by Gasteiger charge is 2.26. The number of urea groups is 1. The molecule has 4 rings (SSSR count). The zero-order chi connectivity index (χ0) is 16.5. The molecule has 0 saturated carbocycles. The number of rotatable bonds is 3. The molecule has 1 aliphatic heterocycles. The number of benzene rings is 1. The number of carbonyl (C=O) groups excluding carboxylic acids is 1. The zero-order valence-corrected chi connectivity index (χ0v) is 14.6. The first-order valence-corrected chi connectivity index (χ1v) is 9.23. The van der Waals surface area contributed by atoms with Crippen LogP contribution < -0.4 is 10.1 Å². The topological polar surface area (TPSA) is 54.5 Å².